The number of carbonyl (C=O) groups is 3. The van der Waals surface area contributed by atoms with Crippen LogP contribution < -0.4 is 20.9 Å². The topological polar surface area (TPSA) is 96.5 Å². The van der Waals surface area contributed by atoms with Gasteiger partial charge in [0.15, 0.2) is 6.61 Å². The van der Waals surface area contributed by atoms with Gasteiger partial charge in [0, 0.05) is 24.4 Å². The number of ether oxygens (including phenoxy) is 1. The van der Waals surface area contributed by atoms with Crippen molar-refractivity contribution < 1.29 is 19.1 Å². The Hall–Kier alpha value is -2.58. The molecule has 3 amide bonds. The lowest BCUT2D eigenvalue weighted by Crippen LogP contribution is -2.44. The second kappa shape index (κ2) is 11.3. The number of hydrogen-bond donors (Lipinski definition) is 3. The molecule has 2 aromatic rings. The number of nitrogens with one attached hydrogen (secondary N) is 3. The van der Waals surface area contributed by atoms with E-state index >= 15 is 0 Å². The summed E-state index contributed by atoms with van der Waals surface area (Å²) in [4.78, 5) is 35.2. The van der Waals surface area contributed by atoms with E-state index in [1.165, 1.54) is 0 Å². The monoisotopic (exact) mass is 467 g/mol. The fraction of sp³-hybridized carbons (Fsp3) is 0.211. The minimum Gasteiger partial charge on any atom is -0.483 e. The van der Waals surface area contributed by atoms with E-state index in [2.05, 4.69) is 32.1 Å². The van der Waals surface area contributed by atoms with Gasteiger partial charge in [0.2, 0.25) is 11.8 Å². The molecule has 0 atom stereocenters. The minimum absolute atomic E-state index is 0.0166. The molecule has 0 bridgehead atoms. The smallest absolute Gasteiger partial charge is 0.276 e. The molecular formula is C19H19BrClN3O4. The van der Waals surface area contributed by atoms with Gasteiger partial charge in [-0.3, -0.25) is 25.2 Å². The van der Waals surface area contributed by atoms with Gasteiger partial charge in [-0.25, -0.2) is 0 Å². The summed E-state index contributed by atoms with van der Waals surface area (Å²) < 4.78 is 5.93. The fourth-order valence-electron chi connectivity index (χ4n) is 2.09. The first-order valence-corrected chi connectivity index (χ1v) is 9.57. The summed E-state index contributed by atoms with van der Waals surface area (Å²) in [6.07, 6.45) is -0.0345. The zero-order valence-electron chi connectivity index (χ0n) is 14.8. The van der Waals surface area contributed by atoms with Crippen molar-refractivity contribution in [1.82, 2.24) is 16.2 Å². The summed E-state index contributed by atoms with van der Waals surface area (Å²) in [5.74, 6) is -0.818. The van der Waals surface area contributed by atoms with Crippen LogP contribution in [0.1, 0.15) is 18.4 Å². The van der Waals surface area contributed by atoms with Gasteiger partial charge in [-0.1, -0.05) is 41.9 Å². The van der Waals surface area contributed by atoms with Gasteiger partial charge < -0.3 is 10.1 Å². The van der Waals surface area contributed by atoms with Crippen LogP contribution in [0.5, 0.6) is 5.75 Å². The van der Waals surface area contributed by atoms with Gasteiger partial charge in [-0.2, -0.15) is 0 Å². The summed E-state index contributed by atoms with van der Waals surface area (Å²) in [7, 11) is 0. The quantitative estimate of drug-likeness (QED) is 0.519. The third-order valence-electron chi connectivity index (χ3n) is 3.51. The zero-order valence-corrected chi connectivity index (χ0v) is 17.2. The predicted molar refractivity (Wildman–Crippen MR) is 108 cm³/mol. The molecule has 0 spiro atoms. The van der Waals surface area contributed by atoms with Crippen LogP contribution in [0.3, 0.4) is 0 Å². The summed E-state index contributed by atoms with van der Waals surface area (Å²) in [5.41, 5.74) is 5.44. The molecule has 0 aliphatic rings. The molecule has 0 aliphatic heterocycles. The lowest BCUT2D eigenvalue weighted by molar-refractivity contribution is -0.131. The summed E-state index contributed by atoms with van der Waals surface area (Å²) in [6, 6.07) is 14.3. The molecule has 0 heterocycles. The van der Waals surface area contributed by atoms with Gasteiger partial charge in [-0.15, -0.1) is 0 Å². The predicted octanol–water partition coefficient (Wildman–Crippen LogP) is 2.73. The largest absolute Gasteiger partial charge is 0.483 e. The molecule has 148 valence electrons. The Morgan fingerprint density at radius 2 is 1.61 bits per heavy atom. The molecule has 7 nitrogen and oxygen atoms in total. The SMILES string of the molecule is O=C(CCC(=O)NNC(=O)COc1ccc(Cl)cc1Br)NCc1ccccc1. The van der Waals surface area contributed by atoms with E-state index in [0.717, 1.165) is 5.56 Å². The van der Waals surface area contributed by atoms with Crippen molar-refractivity contribution in [3.8, 4) is 5.75 Å². The molecule has 0 saturated carbocycles. The maximum absolute atomic E-state index is 11.8. The highest BCUT2D eigenvalue weighted by molar-refractivity contribution is 9.10. The number of hydrogen-bond acceptors (Lipinski definition) is 4. The van der Waals surface area contributed by atoms with Crippen molar-refractivity contribution in [3.05, 3.63) is 63.6 Å². The van der Waals surface area contributed by atoms with E-state index in [4.69, 9.17) is 16.3 Å². The Bertz CT molecular complexity index is 833. The molecule has 28 heavy (non-hydrogen) atoms. The molecule has 0 aromatic heterocycles. The van der Waals surface area contributed by atoms with Crippen LogP contribution >= 0.6 is 27.5 Å². The van der Waals surface area contributed by atoms with Gasteiger partial charge in [0.05, 0.1) is 4.47 Å². The van der Waals surface area contributed by atoms with Crippen molar-refractivity contribution >= 4 is 45.3 Å². The van der Waals surface area contributed by atoms with Gasteiger partial charge in [0.25, 0.3) is 5.91 Å². The Kier molecular flexibility index (Phi) is 8.77. The highest BCUT2D eigenvalue weighted by Gasteiger charge is 2.10. The lowest BCUT2D eigenvalue weighted by Gasteiger charge is -2.10. The van der Waals surface area contributed by atoms with Crippen molar-refractivity contribution in [2.45, 2.75) is 19.4 Å². The summed E-state index contributed by atoms with van der Waals surface area (Å²) in [5, 5.41) is 3.26. The Morgan fingerprint density at radius 1 is 0.929 bits per heavy atom. The van der Waals surface area contributed by atoms with Crippen LogP contribution in [0.25, 0.3) is 0 Å². The standard InChI is InChI=1S/C19H19BrClN3O4/c20-15-10-14(21)6-7-16(15)28-12-19(27)24-23-18(26)9-8-17(25)22-11-13-4-2-1-3-5-13/h1-7,10H,8-9,11-12H2,(H,22,25)(H,23,26)(H,24,27). The molecule has 2 rings (SSSR count). The number of amides is 3. The molecule has 0 radical (unpaired) electrons. The summed E-state index contributed by atoms with van der Waals surface area (Å²) in [6.45, 7) is 0.105. The molecule has 0 saturated heterocycles. The number of carbonyl (C=O) groups excluding carboxylic acids is 3. The lowest BCUT2D eigenvalue weighted by atomic mass is 10.2. The van der Waals surface area contributed by atoms with Crippen LogP contribution in [0.2, 0.25) is 5.02 Å². The molecule has 0 aliphatic carbocycles. The van der Waals surface area contributed by atoms with Gasteiger partial charge in [0.1, 0.15) is 5.75 Å². The molecular weight excluding hydrogens is 450 g/mol. The van der Waals surface area contributed by atoms with Gasteiger partial charge >= 0.3 is 0 Å². The van der Waals surface area contributed by atoms with E-state index in [-0.39, 0.29) is 25.4 Å². The number of rotatable bonds is 8. The highest BCUT2D eigenvalue weighted by Crippen LogP contribution is 2.27. The van der Waals surface area contributed by atoms with Crippen LogP contribution in [0.15, 0.2) is 53.0 Å². The van der Waals surface area contributed by atoms with Gasteiger partial charge in [-0.05, 0) is 39.7 Å². The number of halogens is 2. The number of benzene rings is 2. The second-order valence-electron chi connectivity index (χ2n) is 5.72. The average Bonchev–Trinajstić information content (AvgIpc) is 2.69. The van der Waals surface area contributed by atoms with Crippen LogP contribution in [0, 0.1) is 0 Å². The molecule has 0 unspecified atom stereocenters. The van der Waals surface area contributed by atoms with E-state index in [0.29, 0.717) is 21.8 Å². The maximum Gasteiger partial charge on any atom is 0.276 e. The Labute approximate surface area is 175 Å². The van der Waals surface area contributed by atoms with Crippen molar-refractivity contribution in [3.63, 3.8) is 0 Å². The molecule has 9 heteroatoms. The van der Waals surface area contributed by atoms with Crippen LogP contribution in [0.4, 0.5) is 0 Å². The van der Waals surface area contributed by atoms with E-state index in [9.17, 15) is 14.4 Å². The first-order chi connectivity index (χ1) is 13.4. The van der Waals surface area contributed by atoms with Crippen molar-refractivity contribution in [2.75, 3.05) is 6.61 Å². The molecule has 2 aromatic carbocycles. The number of hydrazine groups is 1. The average molecular weight is 469 g/mol. The fourth-order valence-corrected chi connectivity index (χ4v) is 2.88. The second-order valence-corrected chi connectivity index (χ2v) is 7.01. The normalized spacial score (nSPS) is 10.1. The van der Waals surface area contributed by atoms with Crippen LogP contribution in [-0.4, -0.2) is 24.3 Å². The van der Waals surface area contributed by atoms with E-state index < -0.39 is 11.8 Å². The summed E-state index contributed by atoms with van der Waals surface area (Å²) >= 11 is 9.10. The van der Waals surface area contributed by atoms with Crippen molar-refractivity contribution in [2.24, 2.45) is 0 Å². The van der Waals surface area contributed by atoms with E-state index in [1.54, 1.807) is 18.2 Å². The van der Waals surface area contributed by atoms with Crippen molar-refractivity contribution in [1.29, 1.82) is 0 Å². The Morgan fingerprint density at radius 3 is 2.32 bits per heavy atom. The van der Waals surface area contributed by atoms with Crippen LogP contribution in [-0.2, 0) is 20.9 Å². The van der Waals surface area contributed by atoms with E-state index in [1.807, 2.05) is 30.3 Å². The first-order valence-electron chi connectivity index (χ1n) is 8.40. The first kappa shape index (κ1) is 21.7. The minimum atomic E-state index is -0.538. The highest BCUT2D eigenvalue weighted by atomic mass is 79.9. The maximum atomic E-state index is 11.8. The third-order valence-corrected chi connectivity index (χ3v) is 4.36. The third kappa shape index (κ3) is 7.98. The molecule has 3 N–H and O–H groups in total. The zero-order chi connectivity index (χ0) is 20.4. The Balaban J connectivity index is 1.60. The molecule has 0 fully saturated rings.